The third-order valence-electron chi connectivity index (χ3n) is 4.80. The molecule has 0 radical (unpaired) electrons. The van der Waals surface area contributed by atoms with Crippen LogP contribution in [0.5, 0.6) is 0 Å². The highest BCUT2D eigenvalue weighted by molar-refractivity contribution is 7.92. The van der Waals surface area contributed by atoms with Gasteiger partial charge in [0.1, 0.15) is 0 Å². The normalized spacial score (nSPS) is 12.0. The van der Waals surface area contributed by atoms with E-state index in [1.54, 1.807) is 36.9 Å². The number of anilines is 1. The maximum Gasteiger partial charge on any atom is 0.416 e. The summed E-state index contributed by atoms with van der Waals surface area (Å²) in [6.07, 6.45) is -2.72. The van der Waals surface area contributed by atoms with E-state index in [0.29, 0.717) is 11.3 Å². The highest BCUT2D eigenvalue weighted by Gasteiger charge is 2.32. The highest BCUT2D eigenvalue weighted by atomic mass is 32.2. The number of hydrogen-bond acceptors (Lipinski definition) is 3. The predicted octanol–water partition coefficient (Wildman–Crippen LogP) is 4.77. The van der Waals surface area contributed by atoms with Gasteiger partial charge in [0.2, 0.25) is 0 Å². The molecule has 0 aliphatic heterocycles. The number of aromatic nitrogens is 1. The summed E-state index contributed by atoms with van der Waals surface area (Å²) in [5, 5.41) is 9.21. The summed E-state index contributed by atoms with van der Waals surface area (Å²) in [5.41, 5.74) is -0.440. The number of benzene rings is 2. The number of aromatic carboxylic acids is 1. The lowest BCUT2D eigenvalue weighted by Gasteiger charge is -2.17. The molecular weight excluding hydrogens is 433 g/mol. The lowest BCUT2D eigenvalue weighted by Crippen LogP contribution is -2.17. The van der Waals surface area contributed by atoms with Gasteiger partial charge in [0.25, 0.3) is 10.0 Å². The van der Waals surface area contributed by atoms with E-state index in [9.17, 15) is 31.5 Å². The number of carboxylic acid groups (broad SMARTS) is 1. The second-order valence-corrected chi connectivity index (χ2v) is 8.50. The molecule has 10 heteroatoms. The zero-order valence-electron chi connectivity index (χ0n) is 16.6. The first-order valence-corrected chi connectivity index (χ1v) is 10.6. The van der Waals surface area contributed by atoms with Crippen molar-refractivity contribution in [2.75, 3.05) is 4.72 Å². The van der Waals surface area contributed by atoms with Crippen molar-refractivity contribution in [1.29, 1.82) is 0 Å². The van der Waals surface area contributed by atoms with Crippen LogP contribution in [0.4, 0.5) is 18.9 Å². The standard InChI is InChI=1S/C21H19F3N2O4S/c1-3-13-6-7-14(20(27)28)11-19(13)31(29,30)25-17-12-15(21(22,23)24)8-9-16(17)18-5-4-10-26(18)2/h4-12,25H,3H2,1-2H3,(H,27,28). The molecule has 0 amide bonds. The summed E-state index contributed by atoms with van der Waals surface area (Å²) in [6, 6.07) is 9.78. The van der Waals surface area contributed by atoms with Gasteiger partial charge in [0.15, 0.2) is 0 Å². The van der Waals surface area contributed by atoms with E-state index < -0.39 is 27.7 Å². The fraction of sp³-hybridized carbons (Fsp3) is 0.190. The van der Waals surface area contributed by atoms with Gasteiger partial charge >= 0.3 is 12.1 Å². The van der Waals surface area contributed by atoms with Crippen molar-refractivity contribution < 1.29 is 31.5 Å². The second kappa shape index (κ2) is 8.10. The average molecular weight is 452 g/mol. The Bertz CT molecular complexity index is 1250. The number of rotatable bonds is 6. The number of hydrogen-bond donors (Lipinski definition) is 2. The summed E-state index contributed by atoms with van der Waals surface area (Å²) in [5.74, 6) is -1.32. The van der Waals surface area contributed by atoms with Gasteiger partial charge in [0, 0.05) is 24.5 Å². The summed E-state index contributed by atoms with van der Waals surface area (Å²) in [4.78, 5) is 11.0. The van der Waals surface area contributed by atoms with E-state index in [4.69, 9.17) is 0 Å². The van der Waals surface area contributed by atoms with Gasteiger partial charge < -0.3 is 9.67 Å². The van der Waals surface area contributed by atoms with Crippen LogP contribution in [0, 0.1) is 0 Å². The molecule has 1 aromatic heterocycles. The van der Waals surface area contributed by atoms with Crippen LogP contribution < -0.4 is 4.72 Å². The smallest absolute Gasteiger partial charge is 0.416 e. The van der Waals surface area contributed by atoms with Gasteiger partial charge in [-0.3, -0.25) is 4.72 Å². The molecule has 0 atom stereocenters. The van der Waals surface area contributed by atoms with Gasteiger partial charge in [0.05, 0.1) is 21.7 Å². The molecule has 3 rings (SSSR count). The fourth-order valence-electron chi connectivity index (χ4n) is 3.20. The maximum atomic E-state index is 13.3. The summed E-state index contributed by atoms with van der Waals surface area (Å²) < 4.78 is 70.0. The molecule has 0 spiro atoms. The minimum absolute atomic E-state index is 0.246. The first kappa shape index (κ1) is 22.4. The van der Waals surface area contributed by atoms with Gasteiger partial charge in [-0.1, -0.05) is 19.1 Å². The van der Waals surface area contributed by atoms with Crippen LogP contribution in [0.15, 0.2) is 59.6 Å². The van der Waals surface area contributed by atoms with Crippen LogP contribution in [0.1, 0.15) is 28.4 Å². The number of sulfonamides is 1. The Morgan fingerprint density at radius 2 is 1.84 bits per heavy atom. The van der Waals surface area contributed by atoms with Gasteiger partial charge in [-0.05, 0) is 48.4 Å². The van der Waals surface area contributed by atoms with E-state index in [-0.39, 0.29) is 28.1 Å². The summed E-state index contributed by atoms with van der Waals surface area (Å²) in [7, 11) is -2.71. The monoisotopic (exact) mass is 452 g/mol. The van der Waals surface area contributed by atoms with Crippen molar-refractivity contribution in [3.63, 3.8) is 0 Å². The Labute approximate surface area is 177 Å². The third kappa shape index (κ3) is 4.58. The molecule has 0 saturated carbocycles. The first-order valence-electron chi connectivity index (χ1n) is 9.16. The number of halogens is 3. The Kier molecular flexibility index (Phi) is 5.86. The number of aryl methyl sites for hydroxylation is 2. The first-order chi connectivity index (χ1) is 14.4. The number of nitrogens with zero attached hydrogens (tertiary/aromatic N) is 1. The van der Waals surface area contributed by atoms with Gasteiger partial charge in [-0.15, -0.1) is 0 Å². The van der Waals surface area contributed by atoms with Gasteiger partial charge in [-0.2, -0.15) is 13.2 Å². The third-order valence-corrected chi connectivity index (χ3v) is 6.24. The van der Waals surface area contributed by atoms with E-state index >= 15 is 0 Å². The molecule has 2 aromatic carbocycles. The lowest BCUT2D eigenvalue weighted by molar-refractivity contribution is -0.137. The zero-order valence-corrected chi connectivity index (χ0v) is 17.4. The molecule has 31 heavy (non-hydrogen) atoms. The van der Waals surface area contributed by atoms with Crippen molar-refractivity contribution in [1.82, 2.24) is 4.57 Å². The van der Waals surface area contributed by atoms with Crippen LogP contribution in [-0.2, 0) is 29.7 Å². The maximum absolute atomic E-state index is 13.3. The lowest BCUT2D eigenvalue weighted by atomic mass is 10.1. The van der Waals surface area contributed by atoms with E-state index in [1.165, 1.54) is 18.2 Å². The Morgan fingerprint density at radius 1 is 1.13 bits per heavy atom. The van der Waals surface area contributed by atoms with Gasteiger partial charge in [-0.25, -0.2) is 13.2 Å². The van der Waals surface area contributed by atoms with Crippen LogP contribution in [0.2, 0.25) is 0 Å². The Hall–Kier alpha value is -3.27. The summed E-state index contributed by atoms with van der Waals surface area (Å²) in [6.45, 7) is 1.69. The topological polar surface area (TPSA) is 88.4 Å². The average Bonchev–Trinajstić information content (AvgIpc) is 3.12. The minimum Gasteiger partial charge on any atom is -0.478 e. The molecule has 0 aliphatic rings. The number of alkyl halides is 3. The Balaban J connectivity index is 2.18. The number of carboxylic acids is 1. The minimum atomic E-state index is -4.68. The number of nitrogens with one attached hydrogen (secondary N) is 1. The summed E-state index contributed by atoms with van der Waals surface area (Å²) >= 11 is 0. The van der Waals surface area contributed by atoms with Crippen LogP contribution in [0.25, 0.3) is 11.3 Å². The molecule has 0 saturated heterocycles. The van der Waals surface area contributed by atoms with E-state index in [2.05, 4.69) is 4.72 Å². The molecule has 0 bridgehead atoms. The van der Waals surface area contributed by atoms with Crippen LogP contribution in [0.3, 0.4) is 0 Å². The van der Waals surface area contributed by atoms with Crippen molar-refractivity contribution in [2.24, 2.45) is 7.05 Å². The van der Waals surface area contributed by atoms with Crippen molar-refractivity contribution >= 4 is 21.7 Å². The molecular formula is C21H19F3N2O4S. The van der Waals surface area contributed by atoms with E-state index in [0.717, 1.165) is 18.2 Å². The van der Waals surface area contributed by atoms with Crippen molar-refractivity contribution in [3.8, 4) is 11.3 Å². The molecule has 0 unspecified atom stereocenters. The quantitative estimate of drug-likeness (QED) is 0.564. The molecule has 6 nitrogen and oxygen atoms in total. The highest BCUT2D eigenvalue weighted by Crippen LogP contribution is 2.37. The van der Waals surface area contributed by atoms with Crippen LogP contribution >= 0.6 is 0 Å². The Morgan fingerprint density at radius 3 is 2.39 bits per heavy atom. The molecule has 3 aromatic rings. The predicted molar refractivity (Wildman–Crippen MR) is 109 cm³/mol. The second-order valence-electron chi connectivity index (χ2n) is 6.85. The van der Waals surface area contributed by atoms with Crippen molar-refractivity contribution in [2.45, 2.75) is 24.4 Å². The fourth-order valence-corrected chi connectivity index (χ4v) is 4.61. The molecule has 0 fully saturated rings. The van der Waals surface area contributed by atoms with Crippen molar-refractivity contribution in [3.05, 3.63) is 71.4 Å². The van der Waals surface area contributed by atoms with Crippen LogP contribution in [-0.4, -0.2) is 24.1 Å². The molecule has 2 N–H and O–H groups in total. The zero-order chi connectivity index (χ0) is 23.0. The largest absolute Gasteiger partial charge is 0.478 e. The van der Waals surface area contributed by atoms with E-state index in [1.807, 2.05) is 0 Å². The SMILES string of the molecule is CCc1ccc(C(=O)O)cc1S(=O)(=O)Nc1cc(C(F)(F)F)ccc1-c1cccn1C. The number of carbonyl (C=O) groups is 1. The molecule has 164 valence electrons. The molecule has 0 aliphatic carbocycles. The molecule has 1 heterocycles.